The molecule has 0 aromatic heterocycles. The van der Waals surface area contributed by atoms with E-state index in [0.29, 0.717) is 17.2 Å². The number of carbonyl (C=O) groups is 1. The molecule has 3 heteroatoms. The van der Waals surface area contributed by atoms with Gasteiger partial charge < -0.3 is 5.32 Å². The van der Waals surface area contributed by atoms with Crippen molar-refractivity contribution >= 4 is 17.5 Å². The number of alkyl halides is 1. The Morgan fingerprint density at radius 2 is 1.80 bits per heavy atom. The van der Waals surface area contributed by atoms with Gasteiger partial charge in [-0.15, -0.1) is 11.6 Å². The molecule has 0 bridgehead atoms. The van der Waals surface area contributed by atoms with Gasteiger partial charge in [-0.2, -0.15) is 0 Å². The van der Waals surface area contributed by atoms with E-state index in [1.54, 1.807) is 0 Å². The van der Waals surface area contributed by atoms with Gasteiger partial charge in [0.1, 0.15) is 0 Å². The summed E-state index contributed by atoms with van der Waals surface area (Å²) in [6.45, 7) is 0.874. The Morgan fingerprint density at radius 3 is 2.33 bits per heavy atom. The zero-order chi connectivity index (χ0) is 10.7. The van der Waals surface area contributed by atoms with E-state index < -0.39 is 0 Å². The largest absolute Gasteiger partial charge is 0.356 e. The molecule has 0 radical (unpaired) electrons. The molecule has 0 heterocycles. The van der Waals surface area contributed by atoms with Crippen LogP contribution in [0.5, 0.6) is 0 Å². The van der Waals surface area contributed by atoms with Gasteiger partial charge in [0, 0.05) is 17.8 Å². The minimum absolute atomic E-state index is 0.286. The standard InChI is InChI=1S/C12H20ClNO/c13-11-6-4-9(5-7-11)8-14-12(15)10-2-1-3-10/h9-11H,1-8H2,(H,14,15). The van der Waals surface area contributed by atoms with Crippen LogP contribution in [-0.4, -0.2) is 17.8 Å². The molecule has 0 unspecified atom stereocenters. The summed E-state index contributed by atoms with van der Waals surface area (Å²) in [5, 5.41) is 3.47. The molecule has 0 aromatic rings. The predicted molar refractivity (Wildman–Crippen MR) is 61.9 cm³/mol. The number of carbonyl (C=O) groups excluding carboxylic acids is 1. The normalized spacial score (nSPS) is 32.1. The lowest BCUT2D eigenvalue weighted by molar-refractivity contribution is -0.127. The molecule has 2 aliphatic rings. The molecular weight excluding hydrogens is 210 g/mol. The van der Waals surface area contributed by atoms with E-state index in [4.69, 9.17) is 11.6 Å². The molecule has 15 heavy (non-hydrogen) atoms. The van der Waals surface area contributed by atoms with E-state index in [9.17, 15) is 4.79 Å². The van der Waals surface area contributed by atoms with Gasteiger partial charge in [0.05, 0.1) is 0 Å². The van der Waals surface area contributed by atoms with Crippen LogP contribution in [0, 0.1) is 11.8 Å². The fourth-order valence-corrected chi connectivity index (χ4v) is 2.64. The summed E-state index contributed by atoms with van der Waals surface area (Å²) >= 11 is 6.04. The zero-order valence-corrected chi connectivity index (χ0v) is 9.93. The first-order valence-corrected chi connectivity index (χ1v) is 6.61. The van der Waals surface area contributed by atoms with E-state index in [1.807, 2.05) is 0 Å². The second-order valence-electron chi connectivity index (χ2n) is 4.99. The molecule has 2 nitrogen and oxygen atoms in total. The lowest BCUT2D eigenvalue weighted by atomic mass is 9.84. The van der Waals surface area contributed by atoms with Crippen LogP contribution in [0.3, 0.4) is 0 Å². The maximum atomic E-state index is 11.6. The van der Waals surface area contributed by atoms with Crippen LogP contribution < -0.4 is 5.32 Å². The summed E-state index contributed by atoms with van der Waals surface area (Å²) in [6.07, 6.45) is 8.02. The third-order valence-corrected chi connectivity index (χ3v) is 4.25. The van der Waals surface area contributed by atoms with Gasteiger partial charge in [-0.1, -0.05) is 6.42 Å². The van der Waals surface area contributed by atoms with Crippen molar-refractivity contribution in [2.75, 3.05) is 6.54 Å². The Kier molecular flexibility index (Phi) is 3.90. The first kappa shape index (κ1) is 11.3. The molecule has 1 N–H and O–H groups in total. The first-order chi connectivity index (χ1) is 7.25. The Bertz CT molecular complexity index is 220. The number of rotatable bonds is 3. The SMILES string of the molecule is O=C(NCC1CCC(Cl)CC1)C1CCC1. The molecule has 86 valence electrons. The molecule has 0 saturated heterocycles. The van der Waals surface area contributed by atoms with Crippen LogP contribution >= 0.6 is 11.6 Å². The van der Waals surface area contributed by atoms with Crippen molar-refractivity contribution in [2.24, 2.45) is 11.8 Å². The van der Waals surface area contributed by atoms with Crippen LogP contribution in [0.4, 0.5) is 0 Å². The highest BCUT2D eigenvalue weighted by Gasteiger charge is 2.26. The topological polar surface area (TPSA) is 29.1 Å². The highest BCUT2D eigenvalue weighted by Crippen LogP contribution is 2.28. The molecule has 0 spiro atoms. The van der Waals surface area contributed by atoms with Crippen LogP contribution in [0.1, 0.15) is 44.9 Å². The number of nitrogens with one attached hydrogen (secondary N) is 1. The zero-order valence-electron chi connectivity index (χ0n) is 9.18. The lowest BCUT2D eigenvalue weighted by Crippen LogP contribution is -2.38. The van der Waals surface area contributed by atoms with Crippen molar-refractivity contribution in [2.45, 2.75) is 50.3 Å². The number of hydrogen-bond donors (Lipinski definition) is 1. The summed E-state index contributed by atoms with van der Waals surface area (Å²) in [6, 6.07) is 0. The average molecular weight is 230 g/mol. The van der Waals surface area contributed by atoms with E-state index >= 15 is 0 Å². The molecular formula is C12H20ClNO. The Morgan fingerprint density at radius 1 is 1.13 bits per heavy atom. The molecule has 2 fully saturated rings. The van der Waals surface area contributed by atoms with E-state index in [-0.39, 0.29) is 5.91 Å². The van der Waals surface area contributed by atoms with Crippen LogP contribution in [0.15, 0.2) is 0 Å². The van der Waals surface area contributed by atoms with Gasteiger partial charge in [0.15, 0.2) is 0 Å². The Balaban J connectivity index is 1.62. The minimum Gasteiger partial charge on any atom is -0.356 e. The second kappa shape index (κ2) is 5.20. The summed E-state index contributed by atoms with van der Waals surface area (Å²) in [5.41, 5.74) is 0. The predicted octanol–water partition coefficient (Wildman–Crippen LogP) is 2.70. The van der Waals surface area contributed by atoms with E-state index in [2.05, 4.69) is 5.32 Å². The summed E-state index contributed by atoms with van der Waals surface area (Å²) in [7, 11) is 0. The van der Waals surface area contributed by atoms with Crippen molar-refractivity contribution in [3.63, 3.8) is 0 Å². The van der Waals surface area contributed by atoms with E-state index in [0.717, 1.165) is 32.2 Å². The van der Waals surface area contributed by atoms with Crippen molar-refractivity contribution in [3.8, 4) is 0 Å². The lowest BCUT2D eigenvalue weighted by Gasteiger charge is -2.28. The second-order valence-corrected chi connectivity index (χ2v) is 5.61. The van der Waals surface area contributed by atoms with Crippen LogP contribution in [0.25, 0.3) is 0 Å². The number of halogens is 1. The highest BCUT2D eigenvalue weighted by atomic mass is 35.5. The summed E-state index contributed by atoms with van der Waals surface area (Å²) in [4.78, 5) is 11.6. The first-order valence-electron chi connectivity index (χ1n) is 6.17. The average Bonchev–Trinajstić information content (AvgIpc) is 2.14. The molecule has 2 saturated carbocycles. The maximum absolute atomic E-state index is 11.6. The molecule has 2 rings (SSSR count). The van der Waals surface area contributed by atoms with Crippen LogP contribution in [0.2, 0.25) is 0 Å². The monoisotopic (exact) mass is 229 g/mol. The van der Waals surface area contributed by atoms with Crippen molar-refractivity contribution in [1.82, 2.24) is 5.32 Å². The van der Waals surface area contributed by atoms with Crippen molar-refractivity contribution in [3.05, 3.63) is 0 Å². The van der Waals surface area contributed by atoms with E-state index in [1.165, 1.54) is 19.3 Å². The number of amides is 1. The fourth-order valence-electron chi connectivity index (χ4n) is 2.39. The molecule has 0 aromatic carbocycles. The molecule has 0 aliphatic heterocycles. The molecule has 2 aliphatic carbocycles. The molecule has 0 atom stereocenters. The third-order valence-electron chi connectivity index (χ3n) is 3.82. The van der Waals surface area contributed by atoms with Gasteiger partial charge >= 0.3 is 0 Å². The third kappa shape index (κ3) is 3.10. The fraction of sp³-hybridized carbons (Fsp3) is 0.917. The van der Waals surface area contributed by atoms with Gasteiger partial charge in [-0.25, -0.2) is 0 Å². The maximum Gasteiger partial charge on any atom is 0.223 e. The summed E-state index contributed by atoms with van der Waals surface area (Å²) in [5.74, 6) is 1.28. The molecule has 1 amide bonds. The summed E-state index contributed by atoms with van der Waals surface area (Å²) < 4.78 is 0. The Hall–Kier alpha value is -0.240. The van der Waals surface area contributed by atoms with Crippen molar-refractivity contribution in [1.29, 1.82) is 0 Å². The number of hydrogen-bond acceptors (Lipinski definition) is 1. The van der Waals surface area contributed by atoms with Crippen molar-refractivity contribution < 1.29 is 4.79 Å². The van der Waals surface area contributed by atoms with Gasteiger partial charge in [0.2, 0.25) is 5.91 Å². The van der Waals surface area contributed by atoms with Gasteiger partial charge in [0.25, 0.3) is 0 Å². The quantitative estimate of drug-likeness (QED) is 0.741. The van der Waals surface area contributed by atoms with Gasteiger partial charge in [-0.3, -0.25) is 4.79 Å². The highest BCUT2D eigenvalue weighted by molar-refractivity contribution is 6.20. The Labute approximate surface area is 96.8 Å². The van der Waals surface area contributed by atoms with Crippen LogP contribution in [-0.2, 0) is 4.79 Å². The smallest absolute Gasteiger partial charge is 0.223 e. The minimum atomic E-state index is 0.286. The van der Waals surface area contributed by atoms with Gasteiger partial charge in [-0.05, 0) is 44.4 Å².